The fourth-order valence-electron chi connectivity index (χ4n) is 2.46. The van der Waals surface area contributed by atoms with Crippen molar-refractivity contribution in [3.8, 4) is 0 Å². The Kier molecular flexibility index (Phi) is 1.82. The van der Waals surface area contributed by atoms with Crippen LogP contribution in [0.5, 0.6) is 0 Å². The van der Waals surface area contributed by atoms with E-state index in [2.05, 4.69) is 32.9 Å². The first-order chi connectivity index (χ1) is 6.42. The predicted octanol–water partition coefficient (Wildman–Crippen LogP) is 3.17. The molecule has 0 fully saturated rings. The molecule has 1 aliphatic carbocycles. The van der Waals surface area contributed by atoms with Crippen LogP contribution in [0.4, 0.5) is 0 Å². The van der Waals surface area contributed by atoms with Crippen molar-refractivity contribution in [2.24, 2.45) is 0 Å². The maximum atomic E-state index is 11.8. The van der Waals surface area contributed by atoms with Gasteiger partial charge >= 0.3 is 0 Å². The van der Waals surface area contributed by atoms with Gasteiger partial charge in [0.15, 0.2) is 5.78 Å². The lowest BCUT2D eigenvalue weighted by Crippen LogP contribution is -2.12. The molecule has 1 aliphatic rings. The highest BCUT2D eigenvalue weighted by Gasteiger charge is 2.36. The summed E-state index contributed by atoms with van der Waals surface area (Å²) in [5, 5.41) is 0. The Morgan fingerprint density at radius 2 is 1.86 bits per heavy atom. The number of ketones is 1. The molecule has 0 heterocycles. The fraction of sp³-hybridized carbons (Fsp3) is 0.462. The lowest BCUT2D eigenvalue weighted by molar-refractivity contribution is 0.0979. The van der Waals surface area contributed by atoms with E-state index >= 15 is 0 Å². The smallest absolute Gasteiger partial charge is 0.164 e. The van der Waals surface area contributed by atoms with Crippen LogP contribution in [0.15, 0.2) is 12.1 Å². The maximum absolute atomic E-state index is 11.8. The SMILES string of the molecule is Cc1cc(C)c2c(c1)C(C)(C)CC2=O. The number of hydrogen-bond acceptors (Lipinski definition) is 1. The Morgan fingerprint density at radius 1 is 1.21 bits per heavy atom. The number of fused-ring (bicyclic) bond motifs is 1. The summed E-state index contributed by atoms with van der Waals surface area (Å²) in [6.45, 7) is 8.42. The Labute approximate surface area is 85.1 Å². The number of rotatable bonds is 0. The third-order valence-corrected chi connectivity index (χ3v) is 3.09. The van der Waals surface area contributed by atoms with Crippen LogP contribution in [0, 0.1) is 13.8 Å². The van der Waals surface area contributed by atoms with Gasteiger partial charge in [-0.2, -0.15) is 0 Å². The summed E-state index contributed by atoms with van der Waals surface area (Å²) in [5.74, 6) is 0.308. The minimum absolute atomic E-state index is 0.0309. The highest BCUT2D eigenvalue weighted by molar-refractivity contribution is 6.03. The van der Waals surface area contributed by atoms with Gasteiger partial charge in [-0.15, -0.1) is 0 Å². The van der Waals surface area contributed by atoms with Crippen LogP contribution in [0.2, 0.25) is 0 Å². The van der Waals surface area contributed by atoms with Crippen LogP contribution in [-0.2, 0) is 5.41 Å². The first-order valence-corrected chi connectivity index (χ1v) is 5.07. The third-order valence-electron chi connectivity index (χ3n) is 3.09. The average Bonchev–Trinajstić information content (AvgIpc) is 2.21. The molecule has 0 amide bonds. The van der Waals surface area contributed by atoms with E-state index in [1.54, 1.807) is 0 Å². The second-order valence-corrected chi connectivity index (χ2v) is 4.99. The van der Waals surface area contributed by atoms with E-state index in [4.69, 9.17) is 0 Å². The first-order valence-electron chi connectivity index (χ1n) is 5.07. The summed E-state index contributed by atoms with van der Waals surface area (Å²) in [6.07, 6.45) is 0.659. The number of carbonyl (C=O) groups is 1. The minimum atomic E-state index is 0.0309. The third kappa shape index (κ3) is 1.19. The van der Waals surface area contributed by atoms with E-state index in [-0.39, 0.29) is 5.41 Å². The molecule has 1 aromatic carbocycles. The standard InChI is InChI=1S/C13H16O/c1-8-5-9(2)12-10(6-8)13(3,4)7-11(12)14/h5-6H,7H2,1-4H3. The van der Waals surface area contributed by atoms with E-state index in [9.17, 15) is 4.79 Å². The number of hydrogen-bond donors (Lipinski definition) is 0. The quantitative estimate of drug-likeness (QED) is 0.611. The number of benzene rings is 1. The van der Waals surface area contributed by atoms with Gasteiger partial charge in [0.2, 0.25) is 0 Å². The van der Waals surface area contributed by atoms with E-state index in [0.29, 0.717) is 12.2 Å². The zero-order chi connectivity index (χ0) is 10.5. The topological polar surface area (TPSA) is 17.1 Å². The molecule has 0 radical (unpaired) electrons. The molecule has 0 saturated heterocycles. The predicted molar refractivity (Wildman–Crippen MR) is 57.9 cm³/mol. The van der Waals surface area contributed by atoms with Crippen LogP contribution in [0.3, 0.4) is 0 Å². The second-order valence-electron chi connectivity index (χ2n) is 4.99. The highest BCUT2D eigenvalue weighted by atomic mass is 16.1. The van der Waals surface area contributed by atoms with Gasteiger partial charge in [-0.1, -0.05) is 31.5 Å². The molecule has 0 aliphatic heterocycles. The molecule has 1 nitrogen and oxygen atoms in total. The zero-order valence-electron chi connectivity index (χ0n) is 9.27. The monoisotopic (exact) mass is 188 g/mol. The van der Waals surface area contributed by atoms with Crippen LogP contribution in [0.25, 0.3) is 0 Å². The van der Waals surface area contributed by atoms with Crippen molar-refractivity contribution in [2.45, 2.75) is 39.5 Å². The number of carbonyl (C=O) groups excluding carboxylic acids is 1. The molecule has 0 N–H and O–H groups in total. The Balaban J connectivity index is 2.75. The van der Waals surface area contributed by atoms with Crippen molar-refractivity contribution >= 4 is 5.78 Å². The van der Waals surface area contributed by atoms with Crippen molar-refractivity contribution in [3.05, 3.63) is 34.4 Å². The Hall–Kier alpha value is -1.11. The van der Waals surface area contributed by atoms with Crippen molar-refractivity contribution in [1.29, 1.82) is 0 Å². The molecule has 2 rings (SSSR count). The van der Waals surface area contributed by atoms with Gasteiger partial charge in [-0.3, -0.25) is 4.79 Å². The molecule has 0 unspecified atom stereocenters. The second kappa shape index (κ2) is 2.69. The van der Waals surface area contributed by atoms with Crippen molar-refractivity contribution in [1.82, 2.24) is 0 Å². The molecule has 0 atom stereocenters. The van der Waals surface area contributed by atoms with Gasteiger partial charge in [0.1, 0.15) is 0 Å². The van der Waals surface area contributed by atoms with Crippen LogP contribution in [-0.4, -0.2) is 5.78 Å². The van der Waals surface area contributed by atoms with Gasteiger partial charge in [0.05, 0.1) is 0 Å². The van der Waals surface area contributed by atoms with Crippen LogP contribution < -0.4 is 0 Å². The van der Waals surface area contributed by atoms with Crippen molar-refractivity contribution in [2.75, 3.05) is 0 Å². The van der Waals surface area contributed by atoms with Gasteiger partial charge in [-0.05, 0) is 30.4 Å². The highest BCUT2D eigenvalue weighted by Crippen LogP contribution is 2.40. The molecule has 0 bridgehead atoms. The van der Waals surface area contributed by atoms with Gasteiger partial charge in [0.25, 0.3) is 0 Å². The summed E-state index contributed by atoms with van der Waals surface area (Å²) in [7, 11) is 0. The van der Waals surface area contributed by atoms with E-state index in [1.807, 2.05) is 6.92 Å². The lowest BCUT2D eigenvalue weighted by Gasteiger charge is -2.18. The molecular weight excluding hydrogens is 172 g/mol. The molecule has 14 heavy (non-hydrogen) atoms. The van der Waals surface area contributed by atoms with E-state index in [0.717, 1.165) is 11.1 Å². The maximum Gasteiger partial charge on any atom is 0.164 e. The molecule has 74 valence electrons. The largest absolute Gasteiger partial charge is 0.294 e. The van der Waals surface area contributed by atoms with Gasteiger partial charge in [0, 0.05) is 12.0 Å². The van der Waals surface area contributed by atoms with Crippen molar-refractivity contribution in [3.63, 3.8) is 0 Å². The van der Waals surface area contributed by atoms with Gasteiger partial charge in [-0.25, -0.2) is 0 Å². The van der Waals surface area contributed by atoms with Crippen molar-refractivity contribution < 1.29 is 4.79 Å². The summed E-state index contributed by atoms with van der Waals surface area (Å²) < 4.78 is 0. The first kappa shape index (κ1) is 9.45. The summed E-state index contributed by atoms with van der Waals surface area (Å²) in [4.78, 5) is 11.8. The molecule has 1 aromatic rings. The van der Waals surface area contributed by atoms with Crippen LogP contribution >= 0.6 is 0 Å². The average molecular weight is 188 g/mol. The summed E-state index contributed by atoms with van der Waals surface area (Å²) in [5.41, 5.74) is 4.63. The summed E-state index contributed by atoms with van der Waals surface area (Å²) in [6, 6.07) is 4.26. The van der Waals surface area contributed by atoms with E-state index in [1.165, 1.54) is 11.1 Å². The molecule has 1 heteroatoms. The Bertz CT molecular complexity index is 413. The molecular formula is C13H16O. The minimum Gasteiger partial charge on any atom is -0.294 e. The molecule has 0 saturated carbocycles. The zero-order valence-corrected chi connectivity index (χ0v) is 9.27. The number of Topliss-reactive ketones (excluding diaryl/α,β-unsaturated/α-hetero) is 1. The molecule has 0 spiro atoms. The molecule has 0 aromatic heterocycles. The normalized spacial score (nSPS) is 18.4. The van der Waals surface area contributed by atoms with E-state index < -0.39 is 0 Å². The fourth-order valence-corrected chi connectivity index (χ4v) is 2.46. The summed E-state index contributed by atoms with van der Waals surface area (Å²) >= 11 is 0. The van der Waals surface area contributed by atoms with Gasteiger partial charge < -0.3 is 0 Å². The number of aryl methyl sites for hydroxylation is 2. The van der Waals surface area contributed by atoms with Crippen LogP contribution in [0.1, 0.15) is 47.3 Å². The lowest BCUT2D eigenvalue weighted by atomic mass is 9.85. The Morgan fingerprint density at radius 3 is 2.50 bits per heavy atom.